The number of carboxylic acids is 1. The Balaban J connectivity index is 2.27. The predicted octanol–water partition coefficient (Wildman–Crippen LogP) is 2.32. The van der Waals surface area contributed by atoms with Gasteiger partial charge in [-0.1, -0.05) is 25.5 Å². The molecule has 1 fully saturated rings. The van der Waals surface area contributed by atoms with Gasteiger partial charge in [0.05, 0.1) is 0 Å². The highest BCUT2D eigenvalue weighted by Crippen LogP contribution is 2.27. The Morgan fingerprint density at radius 3 is 2.89 bits per heavy atom. The number of hydrogen-bond donors (Lipinski definition) is 2. The number of aliphatic carboxylic acids is 1. The average molecular weight is 255 g/mol. The third-order valence-electron chi connectivity index (χ3n) is 3.20. The van der Waals surface area contributed by atoms with Crippen LogP contribution in [-0.4, -0.2) is 29.8 Å². The zero-order chi connectivity index (χ0) is 13.4. The predicted molar refractivity (Wildman–Crippen MR) is 67.3 cm³/mol. The van der Waals surface area contributed by atoms with Gasteiger partial charge in [0.25, 0.3) is 0 Å². The van der Waals surface area contributed by atoms with Gasteiger partial charge in [-0.3, -0.25) is 4.79 Å². The SMILES string of the molecule is C=CCOC(=O)N[C@@H]1CCC[C@H](CCC(=O)O)C1. The first kappa shape index (κ1) is 14.5. The molecule has 0 radical (unpaired) electrons. The van der Waals surface area contributed by atoms with Gasteiger partial charge >= 0.3 is 12.1 Å². The first-order valence-electron chi connectivity index (χ1n) is 6.37. The van der Waals surface area contributed by atoms with E-state index in [4.69, 9.17) is 9.84 Å². The molecule has 0 bridgehead atoms. The summed E-state index contributed by atoms with van der Waals surface area (Å²) in [6.45, 7) is 3.68. The molecule has 0 heterocycles. The number of carboxylic acid groups (broad SMARTS) is 1. The molecule has 18 heavy (non-hydrogen) atoms. The second-order valence-corrected chi connectivity index (χ2v) is 4.69. The largest absolute Gasteiger partial charge is 0.481 e. The molecule has 0 unspecified atom stereocenters. The zero-order valence-electron chi connectivity index (χ0n) is 10.6. The number of carbonyl (C=O) groups is 2. The van der Waals surface area contributed by atoms with Crippen LogP contribution in [0.1, 0.15) is 38.5 Å². The van der Waals surface area contributed by atoms with Crippen LogP contribution in [0.2, 0.25) is 0 Å². The molecule has 2 N–H and O–H groups in total. The van der Waals surface area contributed by atoms with Crippen LogP contribution in [0.3, 0.4) is 0 Å². The average Bonchev–Trinajstić information content (AvgIpc) is 2.34. The molecular formula is C13H21NO4. The number of rotatable bonds is 6. The molecule has 2 atom stereocenters. The molecule has 0 aliphatic heterocycles. The van der Waals surface area contributed by atoms with E-state index >= 15 is 0 Å². The molecule has 5 heteroatoms. The maximum Gasteiger partial charge on any atom is 0.407 e. The Morgan fingerprint density at radius 1 is 1.44 bits per heavy atom. The summed E-state index contributed by atoms with van der Waals surface area (Å²) in [5, 5.41) is 11.5. The highest BCUT2D eigenvalue weighted by Gasteiger charge is 2.23. The normalized spacial score (nSPS) is 23.1. The lowest BCUT2D eigenvalue weighted by Crippen LogP contribution is -2.38. The Bertz CT molecular complexity index is 303. The van der Waals surface area contributed by atoms with Crippen LogP contribution in [0, 0.1) is 5.92 Å². The maximum atomic E-state index is 11.4. The van der Waals surface area contributed by atoms with Gasteiger partial charge in [0, 0.05) is 12.5 Å². The number of alkyl carbamates (subject to hydrolysis) is 1. The van der Waals surface area contributed by atoms with E-state index in [-0.39, 0.29) is 19.1 Å². The van der Waals surface area contributed by atoms with Crippen LogP contribution in [0.25, 0.3) is 0 Å². The third-order valence-corrected chi connectivity index (χ3v) is 3.20. The van der Waals surface area contributed by atoms with E-state index in [1.807, 2.05) is 0 Å². The van der Waals surface area contributed by atoms with Crippen molar-refractivity contribution in [1.29, 1.82) is 0 Å². The molecule has 1 saturated carbocycles. The van der Waals surface area contributed by atoms with Gasteiger partial charge in [-0.25, -0.2) is 4.79 Å². The van der Waals surface area contributed by atoms with Crippen molar-refractivity contribution < 1.29 is 19.4 Å². The first-order valence-corrected chi connectivity index (χ1v) is 6.37. The summed E-state index contributed by atoms with van der Waals surface area (Å²) in [5.74, 6) is -0.366. The van der Waals surface area contributed by atoms with Crippen LogP contribution in [0.15, 0.2) is 12.7 Å². The van der Waals surface area contributed by atoms with Crippen LogP contribution >= 0.6 is 0 Å². The lowest BCUT2D eigenvalue weighted by Gasteiger charge is -2.29. The molecule has 5 nitrogen and oxygen atoms in total. The minimum Gasteiger partial charge on any atom is -0.481 e. The lowest BCUT2D eigenvalue weighted by molar-refractivity contribution is -0.137. The van der Waals surface area contributed by atoms with Gasteiger partial charge in [-0.05, 0) is 25.2 Å². The van der Waals surface area contributed by atoms with E-state index in [9.17, 15) is 9.59 Å². The topological polar surface area (TPSA) is 75.6 Å². The van der Waals surface area contributed by atoms with Crippen molar-refractivity contribution in [2.75, 3.05) is 6.61 Å². The third kappa shape index (κ3) is 5.70. The number of carbonyl (C=O) groups excluding carboxylic acids is 1. The van der Waals surface area contributed by atoms with Crippen molar-refractivity contribution in [3.8, 4) is 0 Å². The standard InChI is InChI=1S/C13H21NO4/c1-2-8-18-13(17)14-11-5-3-4-10(9-11)6-7-12(15)16/h2,10-11H,1,3-9H2,(H,14,17)(H,15,16)/t10-,11-/m1/s1. The molecule has 0 spiro atoms. The second-order valence-electron chi connectivity index (χ2n) is 4.69. The quantitative estimate of drug-likeness (QED) is 0.714. The minimum atomic E-state index is -0.754. The summed E-state index contributed by atoms with van der Waals surface area (Å²) >= 11 is 0. The fraction of sp³-hybridized carbons (Fsp3) is 0.692. The van der Waals surface area contributed by atoms with Crippen LogP contribution < -0.4 is 5.32 Å². The van der Waals surface area contributed by atoms with Crippen LogP contribution in [-0.2, 0) is 9.53 Å². The summed E-state index contributed by atoms with van der Waals surface area (Å²) in [7, 11) is 0. The Labute approximate surface area is 107 Å². The molecular weight excluding hydrogens is 234 g/mol. The fourth-order valence-corrected chi connectivity index (χ4v) is 2.35. The number of ether oxygens (including phenoxy) is 1. The smallest absolute Gasteiger partial charge is 0.407 e. The molecule has 1 rings (SSSR count). The zero-order valence-corrected chi connectivity index (χ0v) is 10.6. The highest BCUT2D eigenvalue weighted by atomic mass is 16.5. The summed E-state index contributed by atoms with van der Waals surface area (Å²) < 4.78 is 4.87. The summed E-state index contributed by atoms with van der Waals surface area (Å²) in [5.41, 5.74) is 0. The maximum absolute atomic E-state index is 11.4. The Morgan fingerprint density at radius 2 is 2.22 bits per heavy atom. The number of hydrogen-bond acceptors (Lipinski definition) is 3. The van der Waals surface area contributed by atoms with Crippen molar-refractivity contribution in [2.45, 2.75) is 44.6 Å². The van der Waals surface area contributed by atoms with E-state index in [0.29, 0.717) is 12.3 Å². The van der Waals surface area contributed by atoms with Gasteiger partial charge in [-0.15, -0.1) is 0 Å². The van der Waals surface area contributed by atoms with Crippen molar-refractivity contribution in [3.05, 3.63) is 12.7 Å². The van der Waals surface area contributed by atoms with E-state index in [2.05, 4.69) is 11.9 Å². The van der Waals surface area contributed by atoms with Crippen molar-refractivity contribution in [3.63, 3.8) is 0 Å². The summed E-state index contributed by atoms with van der Waals surface area (Å²) in [6, 6.07) is 0.106. The van der Waals surface area contributed by atoms with Gasteiger partial charge in [-0.2, -0.15) is 0 Å². The molecule has 1 amide bonds. The van der Waals surface area contributed by atoms with Gasteiger partial charge in [0.2, 0.25) is 0 Å². The van der Waals surface area contributed by atoms with E-state index in [1.165, 1.54) is 6.08 Å². The fourth-order valence-electron chi connectivity index (χ4n) is 2.35. The molecule has 0 aromatic rings. The van der Waals surface area contributed by atoms with E-state index < -0.39 is 12.1 Å². The van der Waals surface area contributed by atoms with E-state index in [1.54, 1.807) is 0 Å². The first-order chi connectivity index (χ1) is 8.61. The lowest BCUT2D eigenvalue weighted by atomic mass is 9.83. The van der Waals surface area contributed by atoms with Gasteiger partial charge in [0.15, 0.2) is 0 Å². The van der Waals surface area contributed by atoms with E-state index in [0.717, 1.165) is 25.7 Å². The molecule has 0 aromatic heterocycles. The van der Waals surface area contributed by atoms with Gasteiger partial charge < -0.3 is 15.2 Å². The van der Waals surface area contributed by atoms with Crippen molar-refractivity contribution in [1.82, 2.24) is 5.32 Å². The Hall–Kier alpha value is -1.52. The molecule has 0 aromatic carbocycles. The highest BCUT2D eigenvalue weighted by molar-refractivity contribution is 5.67. The summed E-state index contributed by atoms with van der Waals surface area (Å²) in [4.78, 5) is 21.9. The van der Waals surface area contributed by atoms with Gasteiger partial charge in [0.1, 0.15) is 6.61 Å². The monoisotopic (exact) mass is 255 g/mol. The minimum absolute atomic E-state index is 0.106. The number of nitrogens with one attached hydrogen (secondary N) is 1. The molecule has 102 valence electrons. The molecule has 1 aliphatic rings. The molecule has 0 saturated heterocycles. The van der Waals surface area contributed by atoms with Crippen molar-refractivity contribution >= 4 is 12.1 Å². The van der Waals surface area contributed by atoms with Crippen molar-refractivity contribution in [2.24, 2.45) is 5.92 Å². The van der Waals surface area contributed by atoms with Crippen LogP contribution in [0.4, 0.5) is 4.79 Å². The Kier molecular flexibility index (Phi) is 6.25. The second kappa shape index (κ2) is 7.74. The summed E-state index contributed by atoms with van der Waals surface area (Å²) in [6.07, 6.45) is 5.86. The number of amides is 1. The molecule has 1 aliphatic carbocycles. The van der Waals surface area contributed by atoms with Crippen LogP contribution in [0.5, 0.6) is 0 Å².